The van der Waals surface area contributed by atoms with Crippen molar-refractivity contribution < 1.29 is 15.0 Å². The summed E-state index contributed by atoms with van der Waals surface area (Å²) in [4.78, 5) is 17.1. The summed E-state index contributed by atoms with van der Waals surface area (Å²) >= 11 is 0. The summed E-state index contributed by atoms with van der Waals surface area (Å²) in [6.45, 7) is 9.95. The summed E-state index contributed by atoms with van der Waals surface area (Å²) in [5.41, 5.74) is 7.78. The van der Waals surface area contributed by atoms with E-state index in [1.165, 1.54) is 25.3 Å². The third kappa shape index (κ3) is 6.02. The highest BCUT2D eigenvalue weighted by Gasteiger charge is 2.36. The van der Waals surface area contributed by atoms with E-state index in [0.717, 1.165) is 38.8 Å². The number of phenolic OH excluding ortho intramolecular Hbond substituents is 2. The summed E-state index contributed by atoms with van der Waals surface area (Å²) in [6, 6.07) is 3.39. The van der Waals surface area contributed by atoms with Crippen LogP contribution in [0.2, 0.25) is 0 Å². The van der Waals surface area contributed by atoms with E-state index >= 15 is 0 Å². The van der Waals surface area contributed by atoms with Gasteiger partial charge in [-0.1, -0.05) is 20.3 Å². The van der Waals surface area contributed by atoms with Crippen molar-refractivity contribution in [1.82, 2.24) is 15.1 Å². The number of nitrogens with one attached hydrogen (secondary N) is 2. The van der Waals surface area contributed by atoms with Gasteiger partial charge < -0.3 is 31.1 Å². The van der Waals surface area contributed by atoms with Crippen molar-refractivity contribution in [3.63, 3.8) is 0 Å². The first-order valence-electron chi connectivity index (χ1n) is 12.8. The third-order valence-electron chi connectivity index (χ3n) is 7.28. The first-order valence-corrected chi connectivity index (χ1v) is 12.8. The molecule has 2 aliphatic rings. The van der Waals surface area contributed by atoms with Crippen LogP contribution in [0.25, 0.3) is 0 Å². The fourth-order valence-electron chi connectivity index (χ4n) is 5.44. The molecule has 1 aliphatic heterocycles. The van der Waals surface area contributed by atoms with Gasteiger partial charge in [-0.3, -0.25) is 10.2 Å². The second-order valence-corrected chi connectivity index (χ2v) is 10.5. The largest absolute Gasteiger partial charge is 0.508 e. The van der Waals surface area contributed by atoms with Crippen LogP contribution in [0, 0.1) is 5.41 Å². The van der Waals surface area contributed by atoms with E-state index in [4.69, 9.17) is 11.1 Å². The predicted octanol–water partition coefficient (Wildman–Crippen LogP) is 3.78. The van der Waals surface area contributed by atoms with Gasteiger partial charge in [-0.05, 0) is 83.0 Å². The summed E-state index contributed by atoms with van der Waals surface area (Å²) in [5.74, 6) is -0.723. The maximum Gasteiger partial charge on any atom is 0.286 e. The van der Waals surface area contributed by atoms with Crippen molar-refractivity contribution in [2.75, 3.05) is 13.1 Å². The Morgan fingerprint density at radius 1 is 1.03 bits per heavy atom. The molecule has 1 saturated heterocycles. The minimum atomic E-state index is -0.875. The van der Waals surface area contributed by atoms with Crippen molar-refractivity contribution in [2.45, 2.75) is 103 Å². The van der Waals surface area contributed by atoms with E-state index in [9.17, 15) is 15.0 Å². The Labute approximate surface area is 204 Å². The third-order valence-corrected chi connectivity index (χ3v) is 7.28. The molecule has 0 aromatic heterocycles. The van der Waals surface area contributed by atoms with Gasteiger partial charge in [0, 0.05) is 29.8 Å². The van der Waals surface area contributed by atoms with Crippen LogP contribution in [0.3, 0.4) is 0 Å². The molecule has 190 valence electrons. The molecule has 8 nitrogen and oxygen atoms in total. The van der Waals surface area contributed by atoms with Crippen molar-refractivity contribution in [3.05, 3.63) is 23.3 Å². The molecule has 1 aromatic rings. The average Bonchev–Trinajstić information content (AvgIpc) is 2.79. The van der Waals surface area contributed by atoms with E-state index in [1.807, 2.05) is 27.7 Å². The number of likely N-dealkylation sites (tertiary alicyclic amines) is 1. The Hall–Kier alpha value is -2.32. The van der Waals surface area contributed by atoms with Crippen molar-refractivity contribution in [1.29, 1.82) is 5.41 Å². The van der Waals surface area contributed by atoms with Gasteiger partial charge in [-0.25, -0.2) is 0 Å². The Morgan fingerprint density at radius 2 is 1.62 bits per heavy atom. The van der Waals surface area contributed by atoms with Crippen LogP contribution in [0.5, 0.6) is 11.5 Å². The number of carbonyl (C=O) groups is 1. The number of benzene rings is 1. The number of piperidine rings is 1. The highest BCUT2D eigenvalue weighted by Crippen LogP contribution is 2.38. The number of nitrogens with zero attached hydrogens (tertiary/aromatic N) is 2. The minimum absolute atomic E-state index is 0.0182. The zero-order valence-corrected chi connectivity index (χ0v) is 21.2. The van der Waals surface area contributed by atoms with E-state index in [0.29, 0.717) is 17.2 Å². The van der Waals surface area contributed by atoms with Gasteiger partial charge in [-0.2, -0.15) is 0 Å². The topological polar surface area (TPSA) is 126 Å². The zero-order chi connectivity index (χ0) is 25.0. The monoisotopic (exact) mass is 473 g/mol. The lowest BCUT2D eigenvalue weighted by Crippen LogP contribution is -2.54. The van der Waals surface area contributed by atoms with Crippen LogP contribution in [-0.2, 0) is 4.79 Å². The van der Waals surface area contributed by atoms with Crippen LogP contribution >= 0.6 is 0 Å². The molecule has 8 heteroatoms. The normalized spacial score (nSPS) is 22.6. The molecule has 1 unspecified atom stereocenters. The predicted molar refractivity (Wildman–Crippen MR) is 135 cm³/mol. The average molecular weight is 474 g/mol. The van der Waals surface area contributed by atoms with Gasteiger partial charge >= 0.3 is 0 Å². The summed E-state index contributed by atoms with van der Waals surface area (Å²) in [5, 5.41) is 32.5. The Morgan fingerprint density at radius 3 is 2.18 bits per heavy atom. The van der Waals surface area contributed by atoms with Gasteiger partial charge in [0.05, 0.1) is 0 Å². The minimum Gasteiger partial charge on any atom is -0.508 e. The molecule has 3 rings (SSSR count). The lowest BCUT2D eigenvalue weighted by Gasteiger charge is -2.44. The number of amides is 1. The van der Waals surface area contributed by atoms with Crippen molar-refractivity contribution in [3.8, 4) is 11.5 Å². The number of carbonyl (C=O) groups excluding carboxylic acids is 1. The zero-order valence-electron chi connectivity index (χ0n) is 21.2. The molecule has 1 aliphatic carbocycles. The molecule has 1 heterocycles. The van der Waals surface area contributed by atoms with Crippen LogP contribution < -0.4 is 11.1 Å². The van der Waals surface area contributed by atoms with E-state index in [-0.39, 0.29) is 35.3 Å². The Kier molecular flexibility index (Phi) is 8.82. The number of amidine groups is 1. The number of aromatic hydroxyl groups is 2. The highest BCUT2D eigenvalue weighted by molar-refractivity contribution is 6.36. The number of nitrogens with two attached hydrogens (primary N) is 1. The number of rotatable bonds is 6. The van der Waals surface area contributed by atoms with Crippen molar-refractivity contribution in [2.24, 2.45) is 5.73 Å². The first-order chi connectivity index (χ1) is 16.1. The first kappa shape index (κ1) is 26.3. The highest BCUT2D eigenvalue weighted by atomic mass is 16.3. The quantitative estimate of drug-likeness (QED) is 0.243. The number of phenols is 2. The molecule has 1 amide bonds. The molecule has 1 atom stereocenters. The molecule has 0 spiro atoms. The summed E-state index contributed by atoms with van der Waals surface area (Å²) in [6.07, 6.45) is 6.64. The molecule has 2 fully saturated rings. The van der Waals surface area contributed by atoms with Crippen LogP contribution in [0.15, 0.2) is 12.1 Å². The van der Waals surface area contributed by atoms with Crippen LogP contribution in [-0.4, -0.2) is 63.0 Å². The smallest absolute Gasteiger partial charge is 0.286 e. The molecule has 34 heavy (non-hydrogen) atoms. The Bertz CT molecular complexity index is 858. The maximum atomic E-state index is 12.9. The molecular formula is C26H43N5O3. The van der Waals surface area contributed by atoms with E-state index < -0.39 is 12.1 Å². The number of hydrogen-bond acceptors (Lipinski definition) is 6. The molecule has 0 bridgehead atoms. The second kappa shape index (κ2) is 11.4. The molecule has 0 radical (unpaired) electrons. The van der Waals surface area contributed by atoms with Gasteiger partial charge in [-0.15, -0.1) is 0 Å². The molecular weight excluding hydrogens is 430 g/mol. The summed E-state index contributed by atoms with van der Waals surface area (Å²) in [7, 11) is 0. The number of hydrogen-bond donors (Lipinski definition) is 5. The fraction of sp³-hybridized carbons (Fsp3) is 0.692. The van der Waals surface area contributed by atoms with E-state index in [1.54, 1.807) is 11.0 Å². The Balaban J connectivity index is 1.86. The van der Waals surface area contributed by atoms with Gasteiger partial charge in [0.15, 0.2) is 5.84 Å². The lowest BCUT2D eigenvalue weighted by molar-refractivity contribution is -0.116. The fourth-order valence-corrected chi connectivity index (χ4v) is 5.44. The lowest BCUT2D eigenvalue weighted by atomic mass is 9.87. The van der Waals surface area contributed by atoms with Gasteiger partial charge in [0.2, 0.25) is 0 Å². The molecule has 1 saturated carbocycles. The summed E-state index contributed by atoms with van der Waals surface area (Å²) < 4.78 is 0. The van der Waals surface area contributed by atoms with Crippen molar-refractivity contribution >= 4 is 11.7 Å². The van der Waals surface area contributed by atoms with E-state index in [2.05, 4.69) is 10.2 Å². The van der Waals surface area contributed by atoms with Crippen LogP contribution in [0.1, 0.15) is 95.9 Å². The molecule has 1 aromatic carbocycles. The van der Waals surface area contributed by atoms with Crippen LogP contribution in [0.4, 0.5) is 0 Å². The van der Waals surface area contributed by atoms with Gasteiger partial charge in [0.1, 0.15) is 17.7 Å². The maximum absolute atomic E-state index is 12.9. The van der Waals surface area contributed by atoms with Gasteiger partial charge in [0.25, 0.3) is 5.91 Å². The SMILES string of the molecule is CC(C)NC(=O)C(=N)N(C1CCC(N2CCCCC2)CC1)C(N)c1cc(C(C)C)c(O)cc1O. The second-order valence-electron chi connectivity index (χ2n) is 10.5. The standard InChI is InChI=1S/C26H43N5O3/c1-16(2)20-14-21(23(33)15-22(20)32)24(27)31(25(28)26(34)29-17(3)4)19-10-8-18(9-11-19)30-12-6-5-7-13-30/h14-19,24,28,32-33H,5-13,27H2,1-4H3,(H,29,34). The molecule has 6 N–H and O–H groups in total.